The topological polar surface area (TPSA) is 121 Å². The molecule has 0 aliphatic heterocycles. The van der Waals surface area contributed by atoms with Crippen molar-refractivity contribution in [2.24, 2.45) is 5.92 Å². The van der Waals surface area contributed by atoms with Crippen LogP contribution in [0.4, 0.5) is 0 Å². The number of methoxy groups -OCH3 is 1. The van der Waals surface area contributed by atoms with E-state index in [0.717, 1.165) is 22.8 Å². The molecule has 2 amide bonds. The van der Waals surface area contributed by atoms with Crippen molar-refractivity contribution < 1.29 is 19.1 Å². The summed E-state index contributed by atoms with van der Waals surface area (Å²) in [5.74, 6) is -0.385. The number of ether oxygens (including phenoxy) is 1. The third kappa shape index (κ3) is 9.47. The summed E-state index contributed by atoms with van der Waals surface area (Å²) < 4.78 is 4.91. The number of nitrogens with zero attached hydrogens (tertiary/aromatic N) is 1. The van der Waals surface area contributed by atoms with Crippen LogP contribution < -0.4 is 16.2 Å². The lowest BCUT2D eigenvalue weighted by molar-refractivity contribution is -0.145. The molecule has 3 atom stereocenters. The van der Waals surface area contributed by atoms with E-state index in [1.165, 1.54) is 19.2 Å². The predicted octanol–water partition coefficient (Wildman–Crippen LogP) is 3.59. The molecule has 220 valence electrons. The first-order valence-corrected chi connectivity index (χ1v) is 15.2. The number of rotatable bonds is 15. The Morgan fingerprint density at radius 2 is 1.76 bits per heavy atom. The van der Waals surface area contributed by atoms with Crippen LogP contribution in [0.15, 0.2) is 65.5 Å². The lowest BCUT2D eigenvalue weighted by Gasteiger charge is -2.31. The first-order chi connectivity index (χ1) is 19.7. The number of fused-ring (bicyclic) bond motifs is 1. The largest absolute Gasteiger partial charge is 0.467 e. The average Bonchev–Trinajstić information content (AvgIpc) is 2.98. The van der Waals surface area contributed by atoms with E-state index in [4.69, 9.17) is 4.74 Å². The highest BCUT2D eigenvalue weighted by Crippen LogP contribution is 2.21. The minimum Gasteiger partial charge on any atom is -0.467 e. The molecule has 0 unspecified atom stereocenters. The van der Waals surface area contributed by atoms with Crippen molar-refractivity contribution in [3.63, 3.8) is 0 Å². The van der Waals surface area contributed by atoms with Gasteiger partial charge < -0.3 is 20.4 Å². The van der Waals surface area contributed by atoms with Crippen molar-refractivity contribution >= 4 is 40.3 Å². The normalized spacial score (nSPS) is 13.4. The number of thioether (sulfide) groups is 1. The molecule has 1 aromatic heterocycles. The van der Waals surface area contributed by atoms with E-state index in [1.807, 2.05) is 61.4 Å². The van der Waals surface area contributed by atoms with E-state index in [1.54, 1.807) is 17.8 Å². The molecule has 0 bridgehead atoms. The molecule has 0 radical (unpaired) electrons. The monoisotopic (exact) mass is 580 g/mol. The van der Waals surface area contributed by atoms with Crippen molar-refractivity contribution in [3.8, 4) is 0 Å². The fraction of sp³-hybridized carbons (Fsp3) is 0.419. The standard InChI is InChI=1S/C31H40N4O5S/c1-5-21(2)27(34-30(38)25-14-9-15-28(36)32-25)19-35(18-23-12-8-11-22-10-6-7-13-24(22)23)20-29(37)33-26(16-17-41-4)31(39)40-3/h6-15,21,26-27H,5,16-20H2,1-4H3,(H,32,36)(H,33,37)(H,34,38)/t21-,26-,27+/m0/s1. The third-order valence-electron chi connectivity index (χ3n) is 7.19. The Morgan fingerprint density at radius 3 is 2.46 bits per heavy atom. The molecule has 0 aliphatic rings. The molecule has 0 spiro atoms. The number of benzene rings is 2. The Bertz CT molecular complexity index is 1370. The number of aromatic amines is 1. The first-order valence-electron chi connectivity index (χ1n) is 13.8. The second-order valence-electron chi connectivity index (χ2n) is 10.1. The number of hydrogen-bond donors (Lipinski definition) is 3. The number of nitrogens with one attached hydrogen (secondary N) is 3. The quantitative estimate of drug-likeness (QED) is 0.235. The zero-order chi connectivity index (χ0) is 29.8. The number of esters is 1. The molecular formula is C31H40N4O5S. The molecule has 3 aromatic rings. The van der Waals surface area contributed by atoms with Gasteiger partial charge in [-0.3, -0.25) is 19.3 Å². The van der Waals surface area contributed by atoms with Crippen molar-refractivity contribution in [2.45, 2.75) is 45.3 Å². The average molecular weight is 581 g/mol. The van der Waals surface area contributed by atoms with Gasteiger partial charge in [-0.1, -0.05) is 68.8 Å². The van der Waals surface area contributed by atoms with E-state index in [2.05, 4.69) is 21.7 Å². The number of carbonyl (C=O) groups excluding carboxylic acids is 3. The van der Waals surface area contributed by atoms with Gasteiger partial charge in [-0.2, -0.15) is 11.8 Å². The van der Waals surface area contributed by atoms with Crippen LogP contribution in [0.1, 0.15) is 42.7 Å². The van der Waals surface area contributed by atoms with Crippen LogP contribution >= 0.6 is 11.8 Å². The lowest BCUT2D eigenvalue weighted by atomic mass is 9.97. The van der Waals surface area contributed by atoms with Gasteiger partial charge in [0.1, 0.15) is 11.7 Å². The van der Waals surface area contributed by atoms with Crippen LogP contribution in [0.5, 0.6) is 0 Å². The van der Waals surface area contributed by atoms with Gasteiger partial charge >= 0.3 is 5.97 Å². The summed E-state index contributed by atoms with van der Waals surface area (Å²) in [7, 11) is 1.31. The third-order valence-corrected chi connectivity index (χ3v) is 7.83. The Labute approximate surface area is 245 Å². The minimum absolute atomic E-state index is 0.0148. The summed E-state index contributed by atoms with van der Waals surface area (Å²) in [4.78, 5) is 55.1. The molecule has 0 fully saturated rings. The van der Waals surface area contributed by atoms with Gasteiger partial charge in [0.2, 0.25) is 11.5 Å². The second-order valence-corrected chi connectivity index (χ2v) is 11.1. The summed E-state index contributed by atoms with van der Waals surface area (Å²) in [6, 6.07) is 17.6. The van der Waals surface area contributed by atoms with E-state index in [9.17, 15) is 19.2 Å². The van der Waals surface area contributed by atoms with Gasteiger partial charge in [0.15, 0.2) is 0 Å². The van der Waals surface area contributed by atoms with E-state index in [0.29, 0.717) is 25.3 Å². The number of aromatic nitrogens is 1. The number of H-pyrrole nitrogens is 1. The molecule has 0 saturated heterocycles. The SMILES string of the molecule is CC[C@H](C)[C@@H](CN(CC(=O)N[C@@H](CCSC)C(=O)OC)Cc1cccc2ccccc12)NC(=O)c1cccc(=O)[nH]1. The molecular weight excluding hydrogens is 540 g/mol. The molecule has 1 heterocycles. The summed E-state index contributed by atoms with van der Waals surface area (Å²) in [6.07, 6.45) is 3.20. The maximum Gasteiger partial charge on any atom is 0.328 e. The van der Waals surface area contributed by atoms with E-state index < -0.39 is 12.0 Å². The molecule has 0 saturated carbocycles. The Hall–Kier alpha value is -3.63. The van der Waals surface area contributed by atoms with Gasteiger partial charge in [0, 0.05) is 25.2 Å². The lowest BCUT2D eigenvalue weighted by Crippen LogP contribution is -2.51. The summed E-state index contributed by atoms with van der Waals surface area (Å²) in [6.45, 7) is 4.93. The first kappa shape index (κ1) is 31.9. The minimum atomic E-state index is -0.737. The molecule has 0 aliphatic carbocycles. The van der Waals surface area contributed by atoms with E-state index >= 15 is 0 Å². The highest BCUT2D eigenvalue weighted by atomic mass is 32.2. The van der Waals surface area contributed by atoms with Crippen LogP contribution in [0.2, 0.25) is 0 Å². The van der Waals surface area contributed by atoms with Gasteiger partial charge in [-0.25, -0.2) is 4.79 Å². The Morgan fingerprint density at radius 1 is 1.02 bits per heavy atom. The van der Waals surface area contributed by atoms with Crippen molar-refractivity contribution in [2.75, 3.05) is 32.2 Å². The van der Waals surface area contributed by atoms with Crippen molar-refractivity contribution in [3.05, 3.63) is 82.3 Å². The summed E-state index contributed by atoms with van der Waals surface area (Å²) in [5, 5.41) is 8.10. The highest BCUT2D eigenvalue weighted by Gasteiger charge is 2.26. The molecule has 3 N–H and O–H groups in total. The van der Waals surface area contributed by atoms with Crippen LogP contribution in [0.3, 0.4) is 0 Å². The maximum atomic E-state index is 13.3. The van der Waals surface area contributed by atoms with Gasteiger partial charge in [-0.05, 0) is 46.7 Å². The number of carbonyl (C=O) groups is 3. The highest BCUT2D eigenvalue weighted by molar-refractivity contribution is 7.98. The maximum absolute atomic E-state index is 13.3. The number of pyridine rings is 1. The number of hydrogen-bond acceptors (Lipinski definition) is 7. The fourth-order valence-corrected chi connectivity index (χ4v) is 5.15. The van der Waals surface area contributed by atoms with Crippen molar-refractivity contribution in [1.29, 1.82) is 0 Å². The van der Waals surface area contributed by atoms with Crippen LogP contribution in [-0.4, -0.2) is 72.0 Å². The molecule has 41 heavy (non-hydrogen) atoms. The Balaban J connectivity index is 1.88. The smallest absolute Gasteiger partial charge is 0.328 e. The number of amides is 2. The molecule has 9 nitrogen and oxygen atoms in total. The van der Waals surface area contributed by atoms with Crippen LogP contribution in [0.25, 0.3) is 10.8 Å². The van der Waals surface area contributed by atoms with E-state index in [-0.39, 0.29) is 41.6 Å². The van der Waals surface area contributed by atoms with Crippen LogP contribution in [0, 0.1) is 5.92 Å². The molecule has 10 heteroatoms. The predicted molar refractivity (Wildman–Crippen MR) is 164 cm³/mol. The van der Waals surface area contributed by atoms with Gasteiger partial charge in [0.25, 0.3) is 5.91 Å². The zero-order valence-corrected chi connectivity index (χ0v) is 25.0. The zero-order valence-electron chi connectivity index (χ0n) is 24.1. The summed E-state index contributed by atoms with van der Waals surface area (Å²) >= 11 is 1.59. The second kappa shape index (κ2) is 16.0. The Kier molecular flexibility index (Phi) is 12.4. The molecule has 3 rings (SSSR count). The van der Waals surface area contributed by atoms with Gasteiger partial charge in [0.05, 0.1) is 13.7 Å². The fourth-order valence-electron chi connectivity index (χ4n) is 4.68. The molecule has 2 aromatic carbocycles. The summed E-state index contributed by atoms with van der Waals surface area (Å²) in [5.41, 5.74) is 0.872. The van der Waals surface area contributed by atoms with Crippen molar-refractivity contribution in [1.82, 2.24) is 20.5 Å². The van der Waals surface area contributed by atoms with Gasteiger partial charge in [-0.15, -0.1) is 0 Å². The van der Waals surface area contributed by atoms with Crippen LogP contribution in [-0.2, 0) is 20.9 Å².